The zero-order valence-electron chi connectivity index (χ0n) is 16.2. The van der Waals surface area contributed by atoms with Crippen molar-refractivity contribution in [1.29, 1.82) is 0 Å². The number of hydrogen-bond acceptors (Lipinski definition) is 5. The van der Waals surface area contributed by atoms with Crippen LogP contribution in [0.1, 0.15) is 53.2 Å². The average Bonchev–Trinajstić information content (AvgIpc) is 3.14. The van der Waals surface area contributed by atoms with Gasteiger partial charge in [-0.05, 0) is 38.5 Å². The lowest BCUT2D eigenvalue weighted by Gasteiger charge is -2.44. The Morgan fingerprint density at radius 2 is 1.89 bits per heavy atom. The number of carbonyl (C=O) groups excluding carboxylic acids is 2. The molecule has 5 nitrogen and oxygen atoms in total. The molecule has 148 valence electrons. The quantitative estimate of drug-likeness (QED) is 0.714. The van der Waals surface area contributed by atoms with Gasteiger partial charge in [0.15, 0.2) is 6.61 Å². The van der Waals surface area contributed by atoms with Crippen LogP contribution in [-0.4, -0.2) is 41.0 Å². The molecule has 6 heteroatoms. The molecule has 1 aliphatic heterocycles. The first-order chi connectivity index (χ1) is 13.6. The van der Waals surface area contributed by atoms with Crippen LogP contribution in [0.15, 0.2) is 30.3 Å². The molecule has 2 aliphatic rings. The van der Waals surface area contributed by atoms with Gasteiger partial charge in [0.1, 0.15) is 4.88 Å². The number of piperidine rings is 1. The molecule has 2 atom stereocenters. The first kappa shape index (κ1) is 19.1. The van der Waals surface area contributed by atoms with Crippen LogP contribution in [-0.2, 0) is 9.53 Å². The largest absolute Gasteiger partial charge is 0.451 e. The molecule has 1 amide bonds. The SMILES string of the molecule is Cc1nc(-c2ccccc2)c(C(=O)OCC(=O)N2CCC[C@H]3CCCC[C@H]32)s1. The summed E-state index contributed by atoms with van der Waals surface area (Å²) >= 11 is 1.31. The van der Waals surface area contributed by atoms with Crippen molar-refractivity contribution in [3.05, 3.63) is 40.2 Å². The second-order valence-corrected chi connectivity index (χ2v) is 8.90. The summed E-state index contributed by atoms with van der Waals surface area (Å²) in [5.41, 5.74) is 1.51. The van der Waals surface area contributed by atoms with Gasteiger partial charge in [0.2, 0.25) is 0 Å². The molecule has 0 radical (unpaired) electrons. The molecular formula is C22H26N2O3S. The topological polar surface area (TPSA) is 59.5 Å². The molecular weight excluding hydrogens is 372 g/mol. The van der Waals surface area contributed by atoms with Crippen LogP contribution >= 0.6 is 11.3 Å². The lowest BCUT2D eigenvalue weighted by atomic mass is 9.78. The maximum Gasteiger partial charge on any atom is 0.351 e. The van der Waals surface area contributed by atoms with Crippen LogP contribution < -0.4 is 0 Å². The molecule has 1 saturated carbocycles. The number of aromatic nitrogens is 1. The van der Waals surface area contributed by atoms with E-state index >= 15 is 0 Å². The molecule has 1 saturated heterocycles. The highest BCUT2D eigenvalue weighted by Crippen LogP contribution is 2.35. The van der Waals surface area contributed by atoms with E-state index in [1.165, 1.54) is 37.0 Å². The predicted octanol–water partition coefficient (Wildman–Crippen LogP) is 4.46. The summed E-state index contributed by atoms with van der Waals surface area (Å²) in [6, 6.07) is 9.94. The fourth-order valence-corrected chi connectivity index (χ4v) is 5.40. The zero-order chi connectivity index (χ0) is 19.5. The molecule has 2 heterocycles. The van der Waals surface area contributed by atoms with Gasteiger partial charge in [0.05, 0.1) is 10.7 Å². The summed E-state index contributed by atoms with van der Waals surface area (Å²) in [6.07, 6.45) is 7.02. The van der Waals surface area contributed by atoms with Crippen LogP contribution in [0.3, 0.4) is 0 Å². The molecule has 0 bridgehead atoms. The van der Waals surface area contributed by atoms with E-state index in [-0.39, 0.29) is 12.5 Å². The highest BCUT2D eigenvalue weighted by molar-refractivity contribution is 7.14. The third-order valence-corrected chi connectivity index (χ3v) is 6.81. The van der Waals surface area contributed by atoms with E-state index in [2.05, 4.69) is 4.98 Å². The highest BCUT2D eigenvalue weighted by atomic mass is 32.1. The van der Waals surface area contributed by atoms with Crippen molar-refractivity contribution in [1.82, 2.24) is 9.88 Å². The van der Waals surface area contributed by atoms with E-state index in [9.17, 15) is 9.59 Å². The minimum atomic E-state index is -0.463. The van der Waals surface area contributed by atoms with Crippen molar-refractivity contribution in [2.75, 3.05) is 13.2 Å². The van der Waals surface area contributed by atoms with Crippen molar-refractivity contribution in [3.63, 3.8) is 0 Å². The second kappa shape index (κ2) is 8.43. The van der Waals surface area contributed by atoms with Gasteiger partial charge in [-0.2, -0.15) is 0 Å². The van der Waals surface area contributed by atoms with Crippen molar-refractivity contribution in [2.24, 2.45) is 5.92 Å². The molecule has 0 unspecified atom stereocenters. The van der Waals surface area contributed by atoms with E-state index in [4.69, 9.17) is 4.74 Å². The van der Waals surface area contributed by atoms with Gasteiger partial charge < -0.3 is 9.64 Å². The van der Waals surface area contributed by atoms with E-state index in [0.29, 0.717) is 22.5 Å². The minimum absolute atomic E-state index is 0.0625. The Balaban J connectivity index is 1.43. The highest BCUT2D eigenvalue weighted by Gasteiger charge is 2.36. The molecule has 28 heavy (non-hydrogen) atoms. The third-order valence-electron chi connectivity index (χ3n) is 5.86. The number of amides is 1. The minimum Gasteiger partial charge on any atom is -0.451 e. The fraction of sp³-hybridized carbons (Fsp3) is 0.500. The second-order valence-electron chi connectivity index (χ2n) is 7.69. The summed E-state index contributed by atoms with van der Waals surface area (Å²) in [7, 11) is 0. The zero-order valence-corrected chi connectivity index (χ0v) is 17.0. The smallest absolute Gasteiger partial charge is 0.351 e. The average molecular weight is 399 g/mol. The normalized spacial score (nSPS) is 21.8. The summed E-state index contributed by atoms with van der Waals surface area (Å²) in [6.45, 7) is 2.47. The monoisotopic (exact) mass is 398 g/mol. The Kier molecular flexibility index (Phi) is 5.76. The fourth-order valence-electron chi connectivity index (χ4n) is 4.57. The van der Waals surface area contributed by atoms with Crippen molar-refractivity contribution < 1.29 is 14.3 Å². The Bertz CT molecular complexity index is 847. The molecule has 1 aliphatic carbocycles. The first-order valence-electron chi connectivity index (χ1n) is 10.1. The van der Waals surface area contributed by atoms with Crippen LogP contribution in [0, 0.1) is 12.8 Å². The number of aryl methyl sites for hydroxylation is 1. The number of benzene rings is 1. The Hall–Kier alpha value is -2.21. The molecule has 2 aromatic rings. The number of nitrogens with zero attached hydrogens (tertiary/aromatic N) is 2. The van der Waals surface area contributed by atoms with Gasteiger partial charge in [-0.15, -0.1) is 11.3 Å². The van der Waals surface area contributed by atoms with Crippen LogP contribution in [0.2, 0.25) is 0 Å². The number of carbonyl (C=O) groups is 2. The molecule has 0 spiro atoms. The maximum atomic E-state index is 12.8. The summed E-state index contributed by atoms with van der Waals surface area (Å²) < 4.78 is 5.44. The van der Waals surface area contributed by atoms with Crippen LogP contribution in [0.5, 0.6) is 0 Å². The number of hydrogen-bond donors (Lipinski definition) is 0. The number of rotatable bonds is 4. The van der Waals surface area contributed by atoms with Crippen LogP contribution in [0.25, 0.3) is 11.3 Å². The van der Waals surface area contributed by atoms with Crippen molar-refractivity contribution >= 4 is 23.2 Å². The van der Waals surface area contributed by atoms with Gasteiger partial charge >= 0.3 is 5.97 Å². The molecule has 4 rings (SSSR count). The molecule has 2 fully saturated rings. The number of esters is 1. The van der Waals surface area contributed by atoms with Gasteiger partial charge in [0, 0.05) is 18.2 Å². The van der Waals surface area contributed by atoms with Gasteiger partial charge in [0.25, 0.3) is 5.91 Å². The van der Waals surface area contributed by atoms with Crippen molar-refractivity contribution in [2.45, 2.75) is 51.5 Å². The van der Waals surface area contributed by atoms with E-state index in [1.54, 1.807) is 0 Å². The Morgan fingerprint density at radius 3 is 2.71 bits per heavy atom. The summed E-state index contributed by atoms with van der Waals surface area (Å²) in [5.74, 6) is 0.0958. The van der Waals surface area contributed by atoms with E-state index in [1.807, 2.05) is 42.2 Å². The lowest BCUT2D eigenvalue weighted by Crippen LogP contribution is -2.50. The number of ether oxygens (including phenoxy) is 1. The van der Waals surface area contributed by atoms with Gasteiger partial charge in [-0.3, -0.25) is 4.79 Å². The number of thiazole rings is 1. The summed E-state index contributed by atoms with van der Waals surface area (Å²) in [4.78, 5) is 32.4. The Morgan fingerprint density at radius 1 is 1.14 bits per heavy atom. The lowest BCUT2D eigenvalue weighted by molar-refractivity contribution is -0.140. The predicted molar refractivity (Wildman–Crippen MR) is 109 cm³/mol. The number of fused-ring (bicyclic) bond motifs is 1. The molecule has 1 aromatic heterocycles. The van der Waals surface area contributed by atoms with Gasteiger partial charge in [-0.25, -0.2) is 9.78 Å². The van der Waals surface area contributed by atoms with Gasteiger partial charge in [-0.1, -0.05) is 43.2 Å². The summed E-state index contributed by atoms with van der Waals surface area (Å²) in [5, 5.41) is 0.804. The maximum absolute atomic E-state index is 12.8. The van der Waals surface area contributed by atoms with E-state index in [0.717, 1.165) is 30.0 Å². The number of likely N-dealkylation sites (tertiary alicyclic amines) is 1. The third kappa shape index (κ3) is 3.97. The van der Waals surface area contributed by atoms with Crippen LogP contribution in [0.4, 0.5) is 0 Å². The van der Waals surface area contributed by atoms with Crippen molar-refractivity contribution in [3.8, 4) is 11.3 Å². The van der Waals surface area contributed by atoms with E-state index < -0.39 is 5.97 Å². The standard InChI is InChI=1S/C22H26N2O3S/c1-15-23-20(17-9-3-2-4-10-17)21(28-15)22(26)27-14-19(25)24-13-7-11-16-8-5-6-12-18(16)24/h2-4,9-10,16,18H,5-8,11-14H2,1H3/t16-,18-/m1/s1. The Labute approximate surface area is 169 Å². The first-order valence-corrected chi connectivity index (χ1v) is 10.9. The molecule has 0 N–H and O–H groups in total. The molecule has 1 aromatic carbocycles.